The quantitative estimate of drug-likeness (QED) is 0.431. The summed E-state index contributed by atoms with van der Waals surface area (Å²) in [5, 5.41) is 9.50. The second-order valence-electron chi connectivity index (χ2n) is 6.48. The average molecular weight is 494 g/mol. The molecule has 0 aliphatic carbocycles. The number of benzene rings is 1. The van der Waals surface area contributed by atoms with Crippen LogP contribution in [0.2, 0.25) is 0 Å². The first-order valence-electron chi connectivity index (χ1n) is 8.90. The van der Waals surface area contributed by atoms with Gasteiger partial charge in [0.05, 0.1) is 17.9 Å². The van der Waals surface area contributed by atoms with E-state index in [1.54, 1.807) is 0 Å². The summed E-state index contributed by atoms with van der Waals surface area (Å²) in [6.45, 7) is -0.190. The fraction of sp³-hybridized carbons (Fsp3) is 0.294. The summed E-state index contributed by atoms with van der Waals surface area (Å²) in [5.41, 5.74) is 0.547. The summed E-state index contributed by atoms with van der Waals surface area (Å²) in [5.74, 6) is -1.54. The van der Waals surface area contributed by atoms with Crippen LogP contribution in [-0.2, 0) is 10.0 Å². The van der Waals surface area contributed by atoms with E-state index in [9.17, 15) is 30.4 Å². The molecule has 33 heavy (non-hydrogen) atoms. The van der Waals surface area contributed by atoms with Gasteiger partial charge >= 0.3 is 12.8 Å². The van der Waals surface area contributed by atoms with Crippen molar-refractivity contribution < 1.29 is 39.5 Å². The van der Waals surface area contributed by atoms with Crippen molar-refractivity contribution in [2.75, 3.05) is 18.1 Å². The van der Waals surface area contributed by atoms with Gasteiger partial charge in [-0.05, 0) is 17.7 Å². The van der Waals surface area contributed by atoms with E-state index in [1.165, 1.54) is 24.5 Å². The standard InChI is InChI=1S/C17H15F5N6O4S/c1-33(29,30)25-8-12(9-2-4-11(5-3-9)32-17(20,21)22)26-16-23-6-10(7-24-16)14-27-28-15(31-14)13(18)19/h2-7,12-13,25H,8H2,1H3,(H,23,24,26)/t12-/m0/s1. The maximum atomic E-state index is 12.6. The number of ether oxygens (including phenoxy) is 1. The fourth-order valence-electron chi connectivity index (χ4n) is 2.50. The Morgan fingerprint density at radius 2 is 1.73 bits per heavy atom. The van der Waals surface area contributed by atoms with Crippen LogP contribution in [0.5, 0.6) is 5.75 Å². The lowest BCUT2D eigenvalue weighted by Gasteiger charge is -2.20. The summed E-state index contributed by atoms with van der Waals surface area (Å²) in [7, 11) is -3.59. The molecule has 1 atom stereocenters. The fourth-order valence-corrected chi connectivity index (χ4v) is 2.97. The molecule has 0 unspecified atom stereocenters. The van der Waals surface area contributed by atoms with Crippen molar-refractivity contribution in [2.45, 2.75) is 18.8 Å². The Balaban J connectivity index is 1.78. The van der Waals surface area contributed by atoms with Gasteiger partial charge in [0.2, 0.25) is 16.0 Å². The minimum atomic E-state index is -4.86. The molecule has 0 saturated heterocycles. The van der Waals surface area contributed by atoms with E-state index in [0.717, 1.165) is 18.4 Å². The largest absolute Gasteiger partial charge is 0.573 e. The van der Waals surface area contributed by atoms with Crippen molar-refractivity contribution in [3.63, 3.8) is 0 Å². The lowest BCUT2D eigenvalue weighted by Crippen LogP contribution is -2.31. The molecule has 0 aliphatic rings. The van der Waals surface area contributed by atoms with Crippen LogP contribution < -0.4 is 14.8 Å². The SMILES string of the molecule is CS(=O)(=O)NC[C@H](Nc1ncc(-c2nnc(C(F)F)o2)cn1)c1ccc(OC(F)(F)F)cc1. The van der Waals surface area contributed by atoms with Gasteiger partial charge in [-0.3, -0.25) is 0 Å². The van der Waals surface area contributed by atoms with E-state index in [1.807, 2.05) is 0 Å². The normalized spacial score (nSPS) is 13.2. The molecule has 0 amide bonds. The zero-order valence-corrected chi connectivity index (χ0v) is 17.4. The van der Waals surface area contributed by atoms with Crippen LogP contribution in [-0.4, -0.2) is 47.7 Å². The molecule has 1 aromatic carbocycles. The highest BCUT2D eigenvalue weighted by atomic mass is 32.2. The molecule has 2 heterocycles. The van der Waals surface area contributed by atoms with Gasteiger partial charge in [0, 0.05) is 18.9 Å². The molecule has 0 spiro atoms. The van der Waals surface area contributed by atoms with Gasteiger partial charge < -0.3 is 14.5 Å². The van der Waals surface area contributed by atoms with Gasteiger partial charge in [0.1, 0.15) is 5.75 Å². The molecule has 16 heteroatoms. The van der Waals surface area contributed by atoms with Crippen molar-refractivity contribution in [3.05, 3.63) is 48.1 Å². The molecule has 0 aliphatic heterocycles. The van der Waals surface area contributed by atoms with Crippen molar-refractivity contribution in [1.82, 2.24) is 24.9 Å². The molecular formula is C17H15F5N6O4S. The van der Waals surface area contributed by atoms with Crippen LogP contribution in [0.25, 0.3) is 11.5 Å². The molecule has 10 nitrogen and oxygen atoms in total. The number of halogens is 5. The third-order valence-electron chi connectivity index (χ3n) is 3.90. The number of hydrogen-bond acceptors (Lipinski definition) is 9. The van der Waals surface area contributed by atoms with Crippen molar-refractivity contribution in [3.8, 4) is 17.2 Å². The molecule has 2 aromatic heterocycles. The zero-order valence-electron chi connectivity index (χ0n) is 16.5. The number of nitrogens with zero attached hydrogens (tertiary/aromatic N) is 4. The Morgan fingerprint density at radius 3 is 2.24 bits per heavy atom. The topological polar surface area (TPSA) is 132 Å². The maximum absolute atomic E-state index is 12.6. The number of rotatable bonds is 9. The smallest absolute Gasteiger partial charge is 0.415 e. The van der Waals surface area contributed by atoms with Gasteiger partial charge in [0.15, 0.2) is 0 Å². The molecule has 0 saturated carbocycles. The number of sulfonamides is 1. The second kappa shape index (κ2) is 9.62. The van der Waals surface area contributed by atoms with Crippen LogP contribution >= 0.6 is 0 Å². The Kier molecular flexibility index (Phi) is 7.06. The van der Waals surface area contributed by atoms with Gasteiger partial charge in [-0.25, -0.2) is 23.1 Å². The Hall–Kier alpha value is -3.40. The van der Waals surface area contributed by atoms with Gasteiger partial charge in [0.25, 0.3) is 11.8 Å². The third kappa shape index (κ3) is 7.31. The second-order valence-corrected chi connectivity index (χ2v) is 8.31. The molecule has 3 aromatic rings. The van der Waals surface area contributed by atoms with E-state index in [-0.39, 0.29) is 23.9 Å². The molecule has 3 rings (SSSR count). The highest BCUT2D eigenvalue weighted by Crippen LogP contribution is 2.26. The number of nitrogens with one attached hydrogen (secondary N) is 2. The monoisotopic (exact) mass is 494 g/mol. The predicted octanol–water partition coefficient (Wildman–Crippen LogP) is 3.07. The highest BCUT2D eigenvalue weighted by molar-refractivity contribution is 7.88. The summed E-state index contributed by atoms with van der Waals surface area (Å²) in [6.07, 6.45) is -4.45. The first-order valence-corrected chi connectivity index (χ1v) is 10.8. The molecular weight excluding hydrogens is 479 g/mol. The molecule has 0 radical (unpaired) electrons. The van der Waals surface area contributed by atoms with Gasteiger partial charge in [-0.1, -0.05) is 12.1 Å². The molecule has 0 fully saturated rings. The molecule has 2 N–H and O–H groups in total. The minimum absolute atomic E-state index is 0.00303. The van der Waals surface area contributed by atoms with Crippen LogP contribution in [0.1, 0.15) is 23.9 Å². The summed E-state index contributed by atoms with van der Waals surface area (Å²) in [4.78, 5) is 7.99. The number of aromatic nitrogens is 4. The average Bonchev–Trinajstić information content (AvgIpc) is 3.21. The summed E-state index contributed by atoms with van der Waals surface area (Å²) in [6, 6.07) is 3.96. The highest BCUT2D eigenvalue weighted by Gasteiger charge is 2.31. The predicted molar refractivity (Wildman–Crippen MR) is 103 cm³/mol. The minimum Gasteiger partial charge on any atom is -0.415 e. The Labute approximate surface area is 183 Å². The van der Waals surface area contributed by atoms with Crippen molar-refractivity contribution in [1.29, 1.82) is 0 Å². The lowest BCUT2D eigenvalue weighted by molar-refractivity contribution is -0.274. The van der Waals surface area contributed by atoms with Crippen LogP contribution in [0.15, 0.2) is 41.1 Å². The Morgan fingerprint density at radius 1 is 1.09 bits per heavy atom. The Bertz CT molecular complexity index is 1170. The van der Waals surface area contributed by atoms with Gasteiger partial charge in [-0.2, -0.15) is 8.78 Å². The zero-order chi connectivity index (χ0) is 24.2. The van der Waals surface area contributed by atoms with Crippen molar-refractivity contribution >= 4 is 16.0 Å². The van der Waals surface area contributed by atoms with Gasteiger partial charge in [-0.15, -0.1) is 23.4 Å². The number of alkyl halides is 5. The van der Waals surface area contributed by atoms with Crippen LogP contribution in [0.4, 0.5) is 27.9 Å². The molecule has 0 bridgehead atoms. The van der Waals surface area contributed by atoms with E-state index < -0.39 is 40.5 Å². The van der Waals surface area contributed by atoms with Crippen LogP contribution in [0, 0.1) is 0 Å². The van der Waals surface area contributed by atoms with Crippen LogP contribution in [0.3, 0.4) is 0 Å². The maximum Gasteiger partial charge on any atom is 0.573 e. The number of hydrogen-bond donors (Lipinski definition) is 2. The van der Waals surface area contributed by atoms with Crippen molar-refractivity contribution in [2.24, 2.45) is 0 Å². The number of anilines is 1. The molecule has 178 valence electrons. The third-order valence-corrected chi connectivity index (χ3v) is 4.59. The first-order chi connectivity index (χ1) is 15.4. The van der Waals surface area contributed by atoms with E-state index in [0.29, 0.717) is 5.56 Å². The summed E-state index contributed by atoms with van der Waals surface area (Å²) >= 11 is 0. The van der Waals surface area contributed by atoms with E-state index in [2.05, 4.69) is 34.9 Å². The first kappa shape index (κ1) is 24.2. The lowest BCUT2D eigenvalue weighted by atomic mass is 10.1. The van der Waals surface area contributed by atoms with E-state index in [4.69, 9.17) is 4.42 Å². The summed E-state index contributed by atoms with van der Waals surface area (Å²) < 4.78 is 96.1. The van der Waals surface area contributed by atoms with E-state index >= 15 is 0 Å².